The fraction of sp³-hybridized carbons (Fsp3) is 0.238. The second-order valence-electron chi connectivity index (χ2n) is 6.44. The lowest BCUT2D eigenvalue weighted by molar-refractivity contribution is -0.126. The molecule has 2 aromatic carbocycles. The standard InChI is InChI=1S/C21H19FN2O2S/c1-26-18-10-8-14(13-15(18)22)9-11-20(25)24-12-4-6-17(24)21-23-16-5-2-3-7-19(16)27-21/h2-3,5,7-11,13,17H,4,6,12H2,1H3/b11-9+. The molecule has 1 aliphatic rings. The Morgan fingerprint density at radius 3 is 2.96 bits per heavy atom. The lowest BCUT2D eigenvalue weighted by Gasteiger charge is -2.21. The Morgan fingerprint density at radius 1 is 1.33 bits per heavy atom. The molecule has 0 bridgehead atoms. The van der Waals surface area contributed by atoms with Crippen molar-refractivity contribution in [2.75, 3.05) is 13.7 Å². The van der Waals surface area contributed by atoms with Crippen molar-refractivity contribution in [1.29, 1.82) is 0 Å². The molecule has 0 radical (unpaired) electrons. The molecular weight excluding hydrogens is 363 g/mol. The largest absolute Gasteiger partial charge is 0.494 e. The molecule has 4 nitrogen and oxygen atoms in total. The number of carbonyl (C=O) groups is 1. The van der Waals surface area contributed by atoms with Crippen LogP contribution in [0, 0.1) is 5.82 Å². The summed E-state index contributed by atoms with van der Waals surface area (Å²) in [6.45, 7) is 0.709. The number of benzene rings is 2. The third kappa shape index (κ3) is 3.57. The average molecular weight is 382 g/mol. The van der Waals surface area contributed by atoms with Gasteiger partial charge in [-0.05, 0) is 48.7 Å². The molecule has 1 saturated heterocycles. The van der Waals surface area contributed by atoms with Crippen LogP contribution in [0.2, 0.25) is 0 Å². The van der Waals surface area contributed by atoms with Crippen LogP contribution in [0.25, 0.3) is 16.3 Å². The van der Waals surface area contributed by atoms with Gasteiger partial charge in [0.1, 0.15) is 5.01 Å². The second kappa shape index (κ2) is 7.48. The van der Waals surface area contributed by atoms with Crippen molar-refractivity contribution in [2.45, 2.75) is 18.9 Å². The average Bonchev–Trinajstić information content (AvgIpc) is 3.32. The minimum atomic E-state index is -0.444. The lowest BCUT2D eigenvalue weighted by atomic mass is 10.2. The van der Waals surface area contributed by atoms with Crippen LogP contribution >= 0.6 is 11.3 Å². The number of aromatic nitrogens is 1. The van der Waals surface area contributed by atoms with Gasteiger partial charge in [0, 0.05) is 12.6 Å². The zero-order valence-electron chi connectivity index (χ0n) is 14.9. The van der Waals surface area contributed by atoms with E-state index in [-0.39, 0.29) is 17.7 Å². The highest BCUT2D eigenvalue weighted by Gasteiger charge is 2.31. The quantitative estimate of drug-likeness (QED) is 0.608. The molecule has 0 aliphatic carbocycles. The highest BCUT2D eigenvalue weighted by atomic mass is 32.1. The first-order valence-corrected chi connectivity index (χ1v) is 9.65. The van der Waals surface area contributed by atoms with Crippen LogP contribution < -0.4 is 4.74 Å². The Bertz CT molecular complexity index is 981. The summed E-state index contributed by atoms with van der Waals surface area (Å²) in [5, 5.41) is 0.978. The van der Waals surface area contributed by atoms with E-state index in [4.69, 9.17) is 9.72 Å². The van der Waals surface area contributed by atoms with Crippen LogP contribution in [0.3, 0.4) is 0 Å². The van der Waals surface area contributed by atoms with Gasteiger partial charge in [-0.2, -0.15) is 0 Å². The van der Waals surface area contributed by atoms with Gasteiger partial charge in [-0.15, -0.1) is 11.3 Å². The van der Waals surface area contributed by atoms with Crippen LogP contribution in [0.1, 0.15) is 29.5 Å². The number of rotatable bonds is 4. The van der Waals surface area contributed by atoms with Crippen LogP contribution in [-0.2, 0) is 4.79 Å². The van der Waals surface area contributed by atoms with E-state index >= 15 is 0 Å². The van der Waals surface area contributed by atoms with Gasteiger partial charge in [0.05, 0.1) is 23.4 Å². The van der Waals surface area contributed by atoms with Crippen molar-refractivity contribution in [3.8, 4) is 5.75 Å². The first-order chi connectivity index (χ1) is 13.2. The maximum atomic E-state index is 13.8. The van der Waals surface area contributed by atoms with E-state index in [9.17, 15) is 9.18 Å². The molecule has 6 heteroatoms. The van der Waals surface area contributed by atoms with E-state index in [1.165, 1.54) is 19.3 Å². The summed E-state index contributed by atoms with van der Waals surface area (Å²) < 4.78 is 19.8. The second-order valence-corrected chi connectivity index (χ2v) is 7.50. The number of nitrogens with zero attached hydrogens (tertiary/aromatic N) is 2. The van der Waals surface area contributed by atoms with Crippen molar-refractivity contribution < 1.29 is 13.9 Å². The number of fused-ring (bicyclic) bond motifs is 1. The van der Waals surface area contributed by atoms with Crippen LogP contribution in [0.15, 0.2) is 48.5 Å². The fourth-order valence-corrected chi connectivity index (χ4v) is 4.48. The van der Waals surface area contributed by atoms with Gasteiger partial charge in [-0.3, -0.25) is 4.79 Å². The van der Waals surface area contributed by atoms with Crippen molar-refractivity contribution in [2.24, 2.45) is 0 Å². The molecule has 1 atom stereocenters. The predicted molar refractivity (Wildman–Crippen MR) is 105 cm³/mol. The minimum absolute atomic E-state index is 0.00662. The third-order valence-corrected chi connectivity index (χ3v) is 5.86. The molecule has 1 amide bonds. The molecule has 1 fully saturated rings. The van der Waals surface area contributed by atoms with Crippen LogP contribution in [-0.4, -0.2) is 29.4 Å². The summed E-state index contributed by atoms with van der Waals surface area (Å²) >= 11 is 1.64. The minimum Gasteiger partial charge on any atom is -0.494 e. The number of halogens is 1. The van der Waals surface area contributed by atoms with Crippen molar-refractivity contribution in [1.82, 2.24) is 9.88 Å². The predicted octanol–water partition coefficient (Wildman–Crippen LogP) is 4.82. The Kier molecular flexibility index (Phi) is 4.90. The molecule has 4 rings (SSSR count). The highest BCUT2D eigenvalue weighted by molar-refractivity contribution is 7.18. The molecule has 1 aliphatic heterocycles. The number of likely N-dealkylation sites (tertiary alicyclic amines) is 1. The lowest BCUT2D eigenvalue weighted by Crippen LogP contribution is -2.28. The highest BCUT2D eigenvalue weighted by Crippen LogP contribution is 2.36. The van der Waals surface area contributed by atoms with Crippen molar-refractivity contribution >= 4 is 33.5 Å². The summed E-state index contributed by atoms with van der Waals surface area (Å²) in [5.74, 6) is -0.331. The number of para-hydroxylation sites is 1. The van der Waals surface area contributed by atoms with Gasteiger partial charge < -0.3 is 9.64 Å². The topological polar surface area (TPSA) is 42.4 Å². The summed E-state index contributed by atoms with van der Waals surface area (Å²) in [7, 11) is 1.42. The fourth-order valence-electron chi connectivity index (χ4n) is 3.37. The molecule has 138 valence electrons. The summed E-state index contributed by atoms with van der Waals surface area (Å²) in [4.78, 5) is 19.3. The number of ether oxygens (including phenoxy) is 1. The van der Waals surface area contributed by atoms with E-state index in [1.807, 2.05) is 23.1 Å². The number of methoxy groups -OCH3 is 1. The number of thiazole rings is 1. The zero-order chi connectivity index (χ0) is 18.8. The Morgan fingerprint density at radius 2 is 2.19 bits per heavy atom. The van der Waals surface area contributed by atoms with Gasteiger partial charge in [-0.25, -0.2) is 9.37 Å². The van der Waals surface area contributed by atoms with Crippen molar-refractivity contribution in [3.05, 3.63) is 64.9 Å². The first kappa shape index (κ1) is 17.7. The van der Waals surface area contributed by atoms with E-state index in [0.717, 1.165) is 28.1 Å². The Hall–Kier alpha value is -2.73. The molecule has 0 spiro atoms. The van der Waals surface area contributed by atoms with Gasteiger partial charge >= 0.3 is 0 Å². The number of hydrogen-bond acceptors (Lipinski definition) is 4. The first-order valence-electron chi connectivity index (χ1n) is 8.83. The number of hydrogen-bond donors (Lipinski definition) is 0. The molecule has 1 unspecified atom stereocenters. The Labute approximate surface area is 160 Å². The van der Waals surface area contributed by atoms with Gasteiger partial charge in [0.25, 0.3) is 0 Å². The zero-order valence-corrected chi connectivity index (χ0v) is 15.7. The summed E-state index contributed by atoms with van der Waals surface area (Å²) in [5.41, 5.74) is 1.60. The number of amides is 1. The maximum absolute atomic E-state index is 13.8. The monoisotopic (exact) mass is 382 g/mol. The molecule has 0 saturated carbocycles. The van der Waals surface area contributed by atoms with E-state index < -0.39 is 5.82 Å². The van der Waals surface area contributed by atoms with Gasteiger partial charge in [0.2, 0.25) is 5.91 Å². The molecule has 0 N–H and O–H groups in total. The molecule has 2 heterocycles. The molecule has 3 aromatic rings. The molecule has 27 heavy (non-hydrogen) atoms. The van der Waals surface area contributed by atoms with Gasteiger partial charge in [-0.1, -0.05) is 18.2 Å². The maximum Gasteiger partial charge on any atom is 0.247 e. The SMILES string of the molecule is COc1ccc(/C=C/C(=O)N2CCCC2c2nc3ccccc3s2)cc1F. The summed E-state index contributed by atoms with van der Waals surface area (Å²) in [6, 6.07) is 12.7. The van der Waals surface area contributed by atoms with Gasteiger partial charge in [0.15, 0.2) is 11.6 Å². The van der Waals surface area contributed by atoms with E-state index in [2.05, 4.69) is 6.07 Å². The third-order valence-electron chi connectivity index (χ3n) is 4.73. The van der Waals surface area contributed by atoms with E-state index in [0.29, 0.717) is 12.1 Å². The van der Waals surface area contributed by atoms with Crippen molar-refractivity contribution in [3.63, 3.8) is 0 Å². The smallest absolute Gasteiger partial charge is 0.247 e. The molecular formula is C21H19FN2O2S. The summed E-state index contributed by atoms with van der Waals surface area (Å²) in [6.07, 6.45) is 5.01. The van der Waals surface area contributed by atoms with Crippen LogP contribution in [0.4, 0.5) is 4.39 Å². The Balaban J connectivity index is 1.52. The van der Waals surface area contributed by atoms with Crippen LogP contribution in [0.5, 0.6) is 5.75 Å². The normalized spacial score (nSPS) is 17.1. The number of carbonyl (C=O) groups excluding carboxylic acids is 1. The van der Waals surface area contributed by atoms with E-state index in [1.54, 1.807) is 29.5 Å². The molecule has 1 aromatic heterocycles.